The van der Waals surface area contributed by atoms with Gasteiger partial charge in [-0.2, -0.15) is 0 Å². The van der Waals surface area contributed by atoms with Crippen LogP contribution in [0.3, 0.4) is 0 Å². The van der Waals surface area contributed by atoms with Crippen molar-refractivity contribution in [3.05, 3.63) is 67.6 Å². The van der Waals surface area contributed by atoms with Crippen molar-refractivity contribution in [2.24, 2.45) is 0 Å². The number of nitrogens with one attached hydrogen (secondary N) is 1. The van der Waals surface area contributed by atoms with E-state index in [0.29, 0.717) is 20.1 Å². The molecule has 3 rings (SSSR count). The lowest BCUT2D eigenvalue weighted by Gasteiger charge is -2.19. The standard InChI is InChI=1S/C16H13Cl4N/c1-15(11-5-3-9(17)7-13(11)19)16(2,21-15)12-6-4-10(18)8-14(12)20/h3-8,21H,1-2H3. The Morgan fingerprint density at radius 3 is 1.43 bits per heavy atom. The van der Waals surface area contributed by atoms with Gasteiger partial charge in [0.1, 0.15) is 0 Å². The average Bonchev–Trinajstić information content (AvgIpc) is 2.92. The van der Waals surface area contributed by atoms with Crippen molar-refractivity contribution in [2.45, 2.75) is 24.9 Å². The summed E-state index contributed by atoms with van der Waals surface area (Å²) in [6, 6.07) is 11.1. The van der Waals surface area contributed by atoms with E-state index in [1.165, 1.54) is 0 Å². The first-order chi connectivity index (χ1) is 9.78. The highest BCUT2D eigenvalue weighted by Gasteiger charge is 2.63. The molecule has 0 spiro atoms. The second-order valence-electron chi connectivity index (χ2n) is 5.62. The molecule has 1 fully saturated rings. The molecular weight excluding hydrogens is 348 g/mol. The zero-order valence-electron chi connectivity index (χ0n) is 11.5. The van der Waals surface area contributed by atoms with Crippen molar-refractivity contribution in [1.82, 2.24) is 5.32 Å². The molecule has 0 amide bonds. The van der Waals surface area contributed by atoms with Crippen molar-refractivity contribution < 1.29 is 0 Å². The summed E-state index contributed by atoms with van der Waals surface area (Å²) in [5, 5.41) is 6.06. The molecule has 2 unspecified atom stereocenters. The maximum atomic E-state index is 6.36. The molecule has 0 aliphatic carbocycles. The molecule has 2 atom stereocenters. The topological polar surface area (TPSA) is 21.9 Å². The molecule has 1 saturated heterocycles. The summed E-state index contributed by atoms with van der Waals surface area (Å²) in [7, 11) is 0. The van der Waals surface area contributed by atoms with Gasteiger partial charge in [-0.1, -0.05) is 58.5 Å². The normalized spacial score (nSPS) is 27.7. The first kappa shape index (κ1) is 15.5. The van der Waals surface area contributed by atoms with Gasteiger partial charge in [-0.05, 0) is 49.2 Å². The highest BCUT2D eigenvalue weighted by molar-refractivity contribution is 6.36. The molecule has 0 radical (unpaired) electrons. The molecule has 1 nitrogen and oxygen atoms in total. The number of hydrogen-bond acceptors (Lipinski definition) is 1. The molecule has 0 bridgehead atoms. The molecule has 1 N–H and O–H groups in total. The van der Waals surface area contributed by atoms with Crippen molar-refractivity contribution in [3.63, 3.8) is 0 Å². The van der Waals surface area contributed by atoms with Gasteiger partial charge in [0, 0.05) is 20.1 Å². The van der Waals surface area contributed by atoms with E-state index in [9.17, 15) is 0 Å². The number of benzene rings is 2. The van der Waals surface area contributed by atoms with Crippen LogP contribution in [0.1, 0.15) is 25.0 Å². The molecule has 5 heteroatoms. The Kier molecular flexibility index (Phi) is 3.71. The van der Waals surface area contributed by atoms with Crippen molar-refractivity contribution in [2.75, 3.05) is 0 Å². The van der Waals surface area contributed by atoms with Crippen LogP contribution in [0.4, 0.5) is 0 Å². The molecule has 1 heterocycles. The maximum absolute atomic E-state index is 6.36. The minimum atomic E-state index is -0.299. The van der Waals surface area contributed by atoms with Crippen molar-refractivity contribution in [1.29, 1.82) is 0 Å². The van der Waals surface area contributed by atoms with E-state index in [-0.39, 0.29) is 11.1 Å². The summed E-state index contributed by atoms with van der Waals surface area (Å²) >= 11 is 24.7. The van der Waals surface area contributed by atoms with Gasteiger partial charge in [0.05, 0.1) is 11.1 Å². The van der Waals surface area contributed by atoms with Gasteiger partial charge in [-0.15, -0.1) is 0 Å². The molecule has 0 aromatic heterocycles. The summed E-state index contributed by atoms with van der Waals surface area (Å²) in [5.41, 5.74) is 1.40. The van der Waals surface area contributed by atoms with Gasteiger partial charge >= 0.3 is 0 Å². The Bertz CT molecular complexity index is 669. The summed E-state index contributed by atoms with van der Waals surface area (Å²) in [5.74, 6) is 0. The van der Waals surface area contributed by atoms with Crippen LogP contribution in [0, 0.1) is 0 Å². The Labute approximate surface area is 144 Å². The fraction of sp³-hybridized carbons (Fsp3) is 0.250. The van der Waals surface area contributed by atoms with E-state index in [1.54, 1.807) is 12.1 Å². The van der Waals surface area contributed by atoms with E-state index in [2.05, 4.69) is 19.2 Å². The van der Waals surface area contributed by atoms with Crippen LogP contribution in [0.25, 0.3) is 0 Å². The molecule has 2 aromatic rings. The van der Waals surface area contributed by atoms with E-state index in [1.807, 2.05) is 24.3 Å². The van der Waals surface area contributed by atoms with Gasteiger partial charge in [0.2, 0.25) is 0 Å². The smallest absolute Gasteiger partial charge is 0.0652 e. The van der Waals surface area contributed by atoms with Gasteiger partial charge < -0.3 is 0 Å². The first-order valence-electron chi connectivity index (χ1n) is 6.48. The van der Waals surface area contributed by atoms with E-state index < -0.39 is 0 Å². The van der Waals surface area contributed by atoms with E-state index >= 15 is 0 Å². The second kappa shape index (κ2) is 5.04. The Morgan fingerprint density at radius 1 is 0.714 bits per heavy atom. The number of rotatable bonds is 2. The van der Waals surface area contributed by atoms with E-state index in [0.717, 1.165) is 11.1 Å². The molecular formula is C16H13Cl4N. The zero-order valence-corrected chi connectivity index (χ0v) is 14.5. The van der Waals surface area contributed by atoms with Crippen LogP contribution in [-0.2, 0) is 11.1 Å². The fourth-order valence-corrected chi connectivity index (χ4v) is 4.13. The lowest BCUT2D eigenvalue weighted by Crippen LogP contribution is -2.17. The molecule has 21 heavy (non-hydrogen) atoms. The molecule has 0 saturated carbocycles. The van der Waals surface area contributed by atoms with Crippen molar-refractivity contribution >= 4 is 46.4 Å². The maximum Gasteiger partial charge on any atom is 0.0652 e. The zero-order chi connectivity index (χ0) is 15.4. The summed E-state index contributed by atoms with van der Waals surface area (Å²) in [6.07, 6.45) is 0. The van der Waals surface area contributed by atoms with Crippen LogP contribution in [0.15, 0.2) is 36.4 Å². The lowest BCUT2D eigenvalue weighted by atomic mass is 9.84. The van der Waals surface area contributed by atoms with Crippen molar-refractivity contribution in [3.8, 4) is 0 Å². The average molecular weight is 361 g/mol. The highest BCUT2D eigenvalue weighted by Crippen LogP contribution is 2.57. The third kappa shape index (κ3) is 2.36. The Morgan fingerprint density at radius 2 is 1.10 bits per heavy atom. The summed E-state index contributed by atoms with van der Waals surface area (Å²) in [4.78, 5) is 0. The van der Waals surface area contributed by atoms with Gasteiger partial charge in [0.15, 0.2) is 0 Å². The third-order valence-electron chi connectivity index (χ3n) is 4.38. The SMILES string of the molecule is CC1(c2ccc(Cl)cc2Cl)NC1(C)c1ccc(Cl)cc1Cl. The summed E-state index contributed by atoms with van der Waals surface area (Å²) in [6.45, 7) is 4.21. The van der Waals surface area contributed by atoms with Gasteiger partial charge in [-0.3, -0.25) is 5.32 Å². The Hall–Kier alpha value is -0.440. The summed E-state index contributed by atoms with van der Waals surface area (Å²) < 4.78 is 0. The molecule has 1 aliphatic heterocycles. The van der Waals surface area contributed by atoms with Crippen LogP contribution in [0.2, 0.25) is 20.1 Å². The molecule has 110 valence electrons. The Balaban J connectivity index is 2.06. The minimum absolute atomic E-state index is 0.299. The minimum Gasteiger partial charge on any atom is -0.294 e. The molecule has 1 aliphatic rings. The van der Waals surface area contributed by atoms with Crippen LogP contribution in [0.5, 0.6) is 0 Å². The fourth-order valence-electron chi connectivity index (χ4n) is 2.93. The first-order valence-corrected chi connectivity index (χ1v) is 7.99. The number of halogens is 4. The monoisotopic (exact) mass is 359 g/mol. The van der Waals surface area contributed by atoms with Crippen LogP contribution in [-0.4, -0.2) is 0 Å². The predicted molar refractivity (Wildman–Crippen MR) is 90.8 cm³/mol. The third-order valence-corrected chi connectivity index (χ3v) is 5.47. The van der Waals surface area contributed by atoms with Crippen LogP contribution >= 0.6 is 46.4 Å². The highest BCUT2D eigenvalue weighted by atomic mass is 35.5. The number of hydrogen-bond donors (Lipinski definition) is 1. The van der Waals surface area contributed by atoms with Gasteiger partial charge in [-0.25, -0.2) is 0 Å². The lowest BCUT2D eigenvalue weighted by molar-refractivity contribution is 0.620. The largest absolute Gasteiger partial charge is 0.294 e. The van der Waals surface area contributed by atoms with Crippen LogP contribution < -0.4 is 5.32 Å². The van der Waals surface area contributed by atoms with E-state index in [4.69, 9.17) is 46.4 Å². The second-order valence-corrected chi connectivity index (χ2v) is 7.31. The molecule has 2 aromatic carbocycles. The van der Waals surface area contributed by atoms with Gasteiger partial charge in [0.25, 0.3) is 0 Å². The predicted octanol–water partition coefficient (Wildman–Crippen LogP) is 6.03. The quantitative estimate of drug-likeness (QED) is 0.648.